The zero-order valence-electron chi connectivity index (χ0n) is 21.5. The monoisotopic (exact) mass is 416 g/mol. The van der Waals surface area contributed by atoms with Gasteiger partial charge in [0.25, 0.3) is 0 Å². The Kier molecular flexibility index (Phi) is 14.5. The van der Waals surface area contributed by atoms with Crippen molar-refractivity contribution in [3.63, 3.8) is 0 Å². The van der Waals surface area contributed by atoms with E-state index in [0.29, 0.717) is 36.3 Å². The predicted octanol–water partition coefficient (Wildman–Crippen LogP) is 7.64. The van der Waals surface area contributed by atoms with Crippen molar-refractivity contribution in [2.24, 2.45) is 0 Å². The van der Waals surface area contributed by atoms with E-state index in [4.69, 9.17) is 0 Å². The van der Waals surface area contributed by atoms with E-state index in [9.17, 15) is 0 Å². The summed E-state index contributed by atoms with van der Waals surface area (Å²) in [6, 6.07) is 3.72. The van der Waals surface area contributed by atoms with Gasteiger partial charge in [0.1, 0.15) is 0 Å². The molecule has 0 aliphatic carbocycles. The Labute approximate surface area is 180 Å². The third-order valence-electron chi connectivity index (χ3n) is 7.09. The van der Waals surface area contributed by atoms with Crippen LogP contribution in [0.25, 0.3) is 0 Å². The molecule has 0 N–H and O–H groups in total. The Bertz CT molecular complexity index is 305. The Hall–Kier alpha value is 0.310. The van der Waals surface area contributed by atoms with E-state index < -0.39 is 8.37 Å². The highest BCUT2D eigenvalue weighted by atomic mass is 31.2. The van der Waals surface area contributed by atoms with Gasteiger partial charge >= 0.3 is 0 Å². The second-order valence-corrected chi connectivity index (χ2v) is 11.2. The molecule has 0 aromatic rings. The van der Waals surface area contributed by atoms with Gasteiger partial charge in [-0.15, -0.1) is 14.0 Å². The van der Waals surface area contributed by atoms with Gasteiger partial charge in [-0.1, -0.05) is 41.5 Å². The Morgan fingerprint density at radius 2 is 0.536 bits per heavy atom. The largest absolute Gasteiger partial charge is 0.215 e. The van der Waals surface area contributed by atoms with Gasteiger partial charge in [-0.25, -0.2) is 0 Å². The van der Waals surface area contributed by atoms with E-state index in [-0.39, 0.29) is 0 Å². The van der Waals surface area contributed by atoms with Crippen LogP contribution >= 0.6 is 8.37 Å². The molecule has 170 valence electrons. The molecule has 0 aliphatic heterocycles. The summed E-state index contributed by atoms with van der Waals surface area (Å²) in [6.45, 7) is 29.0. The number of hydrogen-bond donors (Lipinski definition) is 0. The minimum Gasteiger partial charge on any atom is -0.145 e. The normalized spacial score (nSPS) is 20.2. The molecule has 0 radical (unpaired) electrons. The quantitative estimate of drug-likeness (QED) is 0.254. The lowest BCUT2D eigenvalue weighted by molar-refractivity contribution is 0.163. The number of nitrogens with zero attached hydrogens (tertiary/aromatic N) is 3. The van der Waals surface area contributed by atoms with E-state index in [2.05, 4.69) is 97.1 Å². The highest BCUT2D eigenvalue weighted by Crippen LogP contribution is 2.56. The standard InChI is InChI=1S/C24H54N3P/c1-13-19(7)25(20(8)14-2)28(26(21(9)15-3)22(10)16-4)27(23(11)17-5)24(12)18-6/h19-24H,13-18H2,1-12H3/p+1. The summed E-state index contributed by atoms with van der Waals surface area (Å²) in [4.78, 5) is 0. The SMILES string of the molecule is CCC(C)N(C(C)CC)[PH+](N(C(C)CC)C(C)CC)N(C(C)CC)C(C)CC. The van der Waals surface area contributed by atoms with E-state index in [1.165, 1.54) is 38.5 Å². The molecule has 6 unspecified atom stereocenters. The van der Waals surface area contributed by atoms with Crippen LogP contribution in [0.4, 0.5) is 0 Å². The molecule has 0 saturated carbocycles. The Morgan fingerprint density at radius 3 is 0.643 bits per heavy atom. The van der Waals surface area contributed by atoms with Gasteiger partial charge in [0.2, 0.25) is 8.37 Å². The average Bonchev–Trinajstić information content (AvgIpc) is 2.72. The van der Waals surface area contributed by atoms with E-state index in [1.54, 1.807) is 0 Å². The molecule has 0 aromatic carbocycles. The maximum atomic E-state index is 2.96. The van der Waals surface area contributed by atoms with E-state index in [0.717, 1.165) is 0 Å². The molecule has 3 nitrogen and oxygen atoms in total. The molecule has 4 heteroatoms. The van der Waals surface area contributed by atoms with Crippen LogP contribution < -0.4 is 0 Å². The first-order valence-electron chi connectivity index (χ1n) is 12.4. The van der Waals surface area contributed by atoms with Gasteiger partial charge in [-0.05, 0) is 80.1 Å². The molecule has 0 amide bonds. The Balaban J connectivity index is 6.65. The Morgan fingerprint density at radius 1 is 0.393 bits per heavy atom. The molecular weight excluding hydrogens is 361 g/mol. The molecule has 0 spiro atoms. The van der Waals surface area contributed by atoms with Crippen molar-refractivity contribution in [3.05, 3.63) is 0 Å². The molecule has 0 fully saturated rings. The van der Waals surface area contributed by atoms with Crippen molar-refractivity contribution in [1.82, 2.24) is 14.0 Å². The molecule has 0 aromatic heterocycles. The van der Waals surface area contributed by atoms with Crippen molar-refractivity contribution in [3.8, 4) is 0 Å². The smallest absolute Gasteiger partial charge is 0.145 e. The third kappa shape index (κ3) is 7.22. The molecule has 0 rings (SSSR count). The van der Waals surface area contributed by atoms with Gasteiger partial charge in [0.05, 0.1) is 0 Å². The molecule has 0 aliphatic rings. The van der Waals surface area contributed by atoms with E-state index in [1.807, 2.05) is 0 Å². The van der Waals surface area contributed by atoms with Crippen LogP contribution in [-0.2, 0) is 0 Å². The van der Waals surface area contributed by atoms with Crippen LogP contribution in [0.15, 0.2) is 0 Å². The molecule has 0 heterocycles. The van der Waals surface area contributed by atoms with Crippen LogP contribution in [0.1, 0.15) is 122 Å². The summed E-state index contributed by atoms with van der Waals surface area (Å²) in [5, 5.41) is 0. The summed E-state index contributed by atoms with van der Waals surface area (Å²) in [7, 11) is -1.03. The van der Waals surface area contributed by atoms with Crippen LogP contribution in [-0.4, -0.2) is 50.3 Å². The maximum absolute atomic E-state index is 2.96. The minimum absolute atomic E-state index is 0.620. The zero-order chi connectivity index (χ0) is 22.0. The fourth-order valence-electron chi connectivity index (χ4n) is 4.07. The lowest BCUT2D eigenvalue weighted by atomic mass is 10.2. The van der Waals surface area contributed by atoms with Crippen molar-refractivity contribution in [2.45, 2.75) is 158 Å². The fraction of sp³-hybridized carbons (Fsp3) is 1.00. The molecular formula is C24H55N3P+. The van der Waals surface area contributed by atoms with Crippen molar-refractivity contribution in [2.75, 3.05) is 0 Å². The van der Waals surface area contributed by atoms with Gasteiger partial charge < -0.3 is 0 Å². The maximum Gasteiger partial charge on any atom is 0.215 e. The average molecular weight is 417 g/mol. The predicted molar refractivity (Wildman–Crippen MR) is 132 cm³/mol. The molecule has 0 bridgehead atoms. The highest BCUT2D eigenvalue weighted by Gasteiger charge is 2.49. The molecule has 6 atom stereocenters. The van der Waals surface area contributed by atoms with Crippen molar-refractivity contribution < 1.29 is 0 Å². The lowest BCUT2D eigenvalue weighted by Crippen LogP contribution is -2.53. The fourth-order valence-corrected chi connectivity index (χ4v) is 8.33. The number of rotatable bonds is 15. The van der Waals surface area contributed by atoms with Gasteiger partial charge in [-0.3, -0.25) is 0 Å². The molecule has 0 saturated heterocycles. The van der Waals surface area contributed by atoms with Crippen LogP contribution in [0.3, 0.4) is 0 Å². The summed E-state index contributed by atoms with van der Waals surface area (Å²) >= 11 is 0. The number of hydrogen-bond acceptors (Lipinski definition) is 3. The first kappa shape index (κ1) is 28.3. The zero-order valence-corrected chi connectivity index (χ0v) is 22.5. The van der Waals surface area contributed by atoms with Crippen molar-refractivity contribution >= 4 is 8.37 Å². The summed E-state index contributed by atoms with van der Waals surface area (Å²) in [5.41, 5.74) is 0. The van der Waals surface area contributed by atoms with Crippen LogP contribution in [0.2, 0.25) is 0 Å². The first-order chi connectivity index (χ1) is 13.2. The molecule has 28 heavy (non-hydrogen) atoms. The van der Waals surface area contributed by atoms with Crippen molar-refractivity contribution in [1.29, 1.82) is 0 Å². The summed E-state index contributed by atoms with van der Waals surface area (Å²) in [5.74, 6) is 0. The van der Waals surface area contributed by atoms with E-state index >= 15 is 0 Å². The minimum atomic E-state index is -1.03. The van der Waals surface area contributed by atoms with Gasteiger partial charge in [-0.2, -0.15) is 0 Å². The van der Waals surface area contributed by atoms with Gasteiger partial charge in [0, 0.05) is 36.3 Å². The van der Waals surface area contributed by atoms with Crippen LogP contribution in [0, 0.1) is 0 Å². The lowest BCUT2D eigenvalue weighted by Gasteiger charge is -2.48. The first-order valence-corrected chi connectivity index (χ1v) is 13.7. The second-order valence-electron chi connectivity index (χ2n) is 9.07. The summed E-state index contributed by atoms with van der Waals surface area (Å²) in [6.07, 6.45) is 7.35. The topological polar surface area (TPSA) is 9.72 Å². The second kappa shape index (κ2) is 14.3. The summed E-state index contributed by atoms with van der Waals surface area (Å²) < 4.78 is 8.88. The van der Waals surface area contributed by atoms with Gasteiger partial charge in [0.15, 0.2) is 0 Å². The third-order valence-corrected chi connectivity index (χ3v) is 11.1. The van der Waals surface area contributed by atoms with Crippen LogP contribution in [0.5, 0.6) is 0 Å². The highest BCUT2D eigenvalue weighted by molar-refractivity contribution is 7.50.